The van der Waals surface area contributed by atoms with E-state index in [0.717, 1.165) is 25.6 Å². The summed E-state index contributed by atoms with van der Waals surface area (Å²) in [5.74, 6) is 0. The van der Waals surface area contributed by atoms with Gasteiger partial charge in [0.2, 0.25) is 0 Å². The molecule has 1 unspecified atom stereocenters. The van der Waals surface area contributed by atoms with Crippen molar-refractivity contribution in [1.82, 2.24) is 4.98 Å². The van der Waals surface area contributed by atoms with Crippen molar-refractivity contribution >= 4 is 33.5 Å². The van der Waals surface area contributed by atoms with E-state index in [1.54, 1.807) is 13.1 Å². The highest BCUT2D eigenvalue weighted by atomic mass is 127. The summed E-state index contributed by atoms with van der Waals surface area (Å²) >= 11 is 2.26. The summed E-state index contributed by atoms with van der Waals surface area (Å²) < 4.78 is 1.15. The molecule has 1 aromatic heterocycles. The van der Waals surface area contributed by atoms with Crippen molar-refractivity contribution in [3.05, 3.63) is 75.5 Å². The molecule has 3 aromatic rings. The van der Waals surface area contributed by atoms with Crippen LogP contribution in [0.2, 0.25) is 0 Å². The second-order valence-corrected chi connectivity index (χ2v) is 6.24. The lowest BCUT2D eigenvalue weighted by molar-refractivity contribution is 0.102. The van der Waals surface area contributed by atoms with E-state index in [4.69, 9.17) is 0 Å². The van der Waals surface area contributed by atoms with Crippen LogP contribution in [0.1, 0.15) is 18.1 Å². The van der Waals surface area contributed by atoms with Crippen molar-refractivity contribution in [3.63, 3.8) is 0 Å². The Morgan fingerprint density at radius 2 is 1.70 bits per heavy atom. The molecule has 0 aliphatic carbocycles. The molecule has 1 atom stereocenters. The summed E-state index contributed by atoms with van der Waals surface area (Å²) in [4.78, 5) is 4.43. The molecule has 0 spiro atoms. The number of rotatable bonds is 2. The highest BCUT2D eigenvalue weighted by Gasteiger charge is 2.26. The fourth-order valence-corrected chi connectivity index (χ4v) is 2.64. The van der Waals surface area contributed by atoms with Gasteiger partial charge < -0.3 is 5.11 Å². The lowest BCUT2D eigenvalue weighted by Gasteiger charge is -2.24. The molecule has 0 amide bonds. The van der Waals surface area contributed by atoms with Gasteiger partial charge in [0.15, 0.2) is 0 Å². The van der Waals surface area contributed by atoms with Gasteiger partial charge in [0, 0.05) is 20.7 Å². The van der Waals surface area contributed by atoms with Gasteiger partial charge in [-0.3, -0.25) is 4.98 Å². The molecule has 0 aliphatic rings. The lowest BCUT2D eigenvalue weighted by atomic mass is 9.89. The summed E-state index contributed by atoms with van der Waals surface area (Å²) in [6.45, 7) is 1.81. The second kappa shape index (κ2) is 5.14. The Kier molecular flexibility index (Phi) is 3.48. The quantitative estimate of drug-likeness (QED) is 0.685. The average Bonchev–Trinajstić information content (AvgIpc) is 2.47. The van der Waals surface area contributed by atoms with Crippen molar-refractivity contribution < 1.29 is 5.11 Å². The zero-order chi connectivity index (χ0) is 14.2. The number of fused-ring (bicyclic) bond motifs is 1. The number of nitrogens with zero attached hydrogens (tertiary/aromatic N) is 1. The highest BCUT2D eigenvalue weighted by molar-refractivity contribution is 14.1. The van der Waals surface area contributed by atoms with Crippen LogP contribution in [0.5, 0.6) is 0 Å². The third kappa shape index (κ3) is 2.43. The number of benzene rings is 2. The molecule has 0 saturated carbocycles. The first-order valence-electron chi connectivity index (χ1n) is 6.41. The minimum Gasteiger partial charge on any atom is -0.381 e. The van der Waals surface area contributed by atoms with Crippen molar-refractivity contribution in [3.8, 4) is 0 Å². The molecule has 0 fully saturated rings. The third-order valence-corrected chi connectivity index (χ3v) is 4.28. The van der Waals surface area contributed by atoms with Crippen LogP contribution in [0.15, 0.2) is 60.8 Å². The van der Waals surface area contributed by atoms with E-state index in [1.165, 1.54) is 0 Å². The SMILES string of the molecule is CC(O)(c1ccc(I)cc1)c1cnc2ccccc2c1. The van der Waals surface area contributed by atoms with E-state index in [9.17, 15) is 5.11 Å². The van der Waals surface area contributed by atoms with Gasteiger partial charge >= 0.3 is 0 Å². The number of aliphatic hydroxyl groups is 1. The lowest BCUT2D eigenvalue weighted by Crippen LogP contribution is -2.22. The molecule has 3 heteroatoms. The van der Waals surface area contributed by atoms with Gasteiger partial charge in [0.1, 0.15) is 5.60 Å². The van der Waals surface area contributed by atoms with Crippen molar-refractivity contribution in [2.45, 2.75) is 12.5 Å². The van der Waals surface area contributed by atoms with E-state index < -0.39 is 5.60 Å². The molecule has 1 N–H and O–H groups in total. The number of aromatic nitrogens is 1. The maximum absolute atomic E-state index is 10.9. The molecule has 2 nitrogen and oxygen atoms in total. The molecule has 2 aromatic carbocycles. The van der Waals surface area contributed by atoms with Gasteiger partial charge in [0.05, 0.1) is 5.52 Å². The molecular formula is C17H14INO. The van der Waals surface area contributed by atoms with Crippen LogP contribution in [-0.2, 0) is 5.60 Å². The zero-order valence-electron chi connectivity index (χ0n) is 11.0. The number of halogens is 1. The molecule has 1 heterocycles. The topological polar surface area (TPSA) is 33.1 Å². The number of hydrogen-bond acceptors (Lipinski definition) is 2. The summed E-state index contributed by atoms with van der Waals surface area (Å²) in [5, 5.41) is 11.9. The third-order valence-electron chi connectivity index (χ3n) is 3.56. The van der Waals surface area contributed by atoms with E-state index >= 15 is 0 Å². The van der Waals surface area contributed by atoms with Gasteiger partial charge in [-0.2, -0.15) is 0 Å². The molecule has 0 aliphatic heterocycles. The van der Waals surface area contributed by atoms with E-state index in [1.807, 2.05) is 54.6 Å². The van der Waals surface area contributed by atoms with Gasteiger partial charge in [-0.15, -0.1) is 0 Å². The first-order valence-corrected chi connectivity index (χ1v) is 7.49. The smallest absolute Gasteiger partial charge is 0.113 e. The Balaban J connectivity index is 2.10. The Morgan fingerprint density at radius 1 is 1.00 bits per heavy atom. The van der Waals surface area contributed by atoms with Gasteiger partial charge in [0.25, 0.3) is 0 Å². The first-order chi connectivity index (χ1) is 9.57. The Morgan fingerprint density at radius 3 is 2.45 bits per heavy atom. The highest BCUT2D eigenvalue weighted by Crippen LogP contribution is 2.30. The molecule has 100 valence electrons. The van der Waals surface area contributed by atoms with Gasteiger partial charge in [-0.1, -0.05) is 30.3 Å². The number of pyridine rings is 1. The van der Waals surface area contributed by atoms with Crippen LogP contribution in [0.25, 0.3) is 10.9 Å². The number of para-hydroxylation sites is 1. The van der Waals surface area contributed by atoms with Gasteiger partial charge in [-0.05, 0) is 59.3 Å². The molecule has 0 radical (unpaired) electrons. The van der Waals surface area contributed by atoms with Crippen molar-refractivity contribution in [1.29, 1.82) is 0 Å². The minimum atomic E-state index is -1.04. The summed E-state index contributed by atoms with van der Waals surface area (Å²) in [7, 11) is 0. The average molecular weight is 375 g/mol. The summed E-state index contributed by atoms with van der Waals surface area (Å²) in [6, 6.07) is 17.8. The maximum Gasteiger partial charge on any atom is 0.113 e. The van der Waals surface area contributed by atoms with Crippen LogP contribution < -0.4 is 0 Å². The van der Waals surface area contributed by atoms with E-state index in [0.29, 0.717) is 0 Å². The second-order valence-electron chi connectivity index (χ2n) is 5.00. The maximum atomic E-state index is 10.9. The predicted molar refractivity (Wildman–Crippen MR) is 89.6 cm³/mol. The van der Waals surface area contributed by atoms with Crippen LogP contribution in [0.3, 0.4) is 0 Å². The van der Waals surface area contributed by atoms with Crippen LogP contribution >= 0.6 is 22.6 Å². The standard InChI is InChI=1S/C17H14INO/c1-17(20,13-6-8-15(18)9-7-13)14-10-12-4-2-3-5-16(12)19-11-14/h2-11,20H,1H3. The van der Waals surface area contributed by atoms with Crippen molar-refractivity contribution in [2.75, 3.05) is 0 Å². The predicted octanol–water partition coefficient (Wildman–Crippen LogP) is 4.10. The fourth-order valence-electron chi connectivity index (χ4n) is 2.28. The molecular weight excluding hydrogens is 361 g/mol. The number of hydrogen-bond donors (Lipinski definition) is 1. The van der Waals surface area contributed by atoms with Crippen LogP contribution in [0.4, 0.5) is 0 Å². The first kappa shape index (κ1) is 13.5. The van der Waals surface area contributed by atoms with E-state index in [-0.39, 0.29) is 0 Å². The van der Waals surface area contributed by atoms with Crippen molar-refractivity contribution in [2.24, 2.45) is 0 Å². The van der Waals surface area contributed by atoms with Crippen LogP contribution in [0, 0.1) is 3.57 Å². The largest absolute Gasteiger partial charge is 0.381 e. The van der Waals surface area contributed by atoms with E-state index in [2.05, 4.69) is 27.6 Å². The Hall–Kier alpha value is -1.46. The summed E-state index contributed by atoms with van der Waals surface area (Å²) in [6.07, 6.45) is 1.75. The Labute approximate surface area is 131 Å². The van der Waals surface area contributed by atoms with Crippen LogP contribution in [-0.4, -0.2) is 10.1 Å². The molecule has 0 bridgehead atoms. The monoisotopic (exact) mass is 375 g/mol. The molecule has 3 rings (SSSR count). The normalized spacial score (nSPS) is 14.2. The Bertz CT molecular complexity index is 750. The summed E-state index contributed by atoms with van der Waals surface area (Å²) in [5.41, 5.74) is 1.57. The fraction of sp³-hybridized carbons (Fsp3) is 0.118. The molecule has 0 saturated heterocycles. The minimum absolute atomic E-state index is 0.803. The molecule has 20 heavy (non-hydrogen) atoms. The van der Waals surface area contributed by atoms with Gasteiger partial charge in [-0.25, -0.2) is 0 Å². The zero-order valence-corrected chi connectivity index (χ0v) is 13.2.